The lowest BCUT2D eigenvalue weighted by Gasteiger charge is -2.34. The van der Waals surface area contributed by atoms with Gasteiger partial charge in [0.25, 0.3) is 0 Å². The highest BCUT2D eigenvalue weighted by Crippen LogP contribution is 2.12. The van der Waals surface area contributed by atoms with Crippen molar-refractivity contribution in [3.8, 4) is 0 Å². The fourth-order valence-electron chi connectivity index (χ4n) is 2.61. The van der Waals surface area contributed by atoms with Crippen LogP contribution in [0, 0.1) is 5.92 Å². The van der Waals surface area contributed by atoms with Crippen molar-refractivity contribution in [3.63, 3.8) is 0 Å². The first-order chi connectivity index (χ1) is 8.24. The zero-order valence-electron chi connectivity index (χ0n) is 11.0. The second-order valence-corrected chi connectivity index (χ2v) is 5.50. The Labute approximate surface area is 105 Å². The third-order valence-electron chi connectivity index (χ3n) is 3.34. The van der Waals surface area contributed by atoms with Crippen molar-refractivity contribution >= 4 is 0 Å². The molecule has 1 aromatic carbocycles. The molecular formula is C15H24N2. The molecule has 1 atom stereocenters. The predicted octanol–water partition coefficient (Wildman–Crippen LogP) is 2.51. The molecule has 0 spiro atoms. The number of hydrogen-bond acceptors (Lipinski definition) is 2. The number of nitrogens with zero attached hydrogens (tertiary/aromatic N) is 1. The van der Waals surface area contributed by atoms with E-state index >= 15 is 0 Å². The zero-order chi connectivity index (χ0) is 12.1. The van der Waals surface area contributed by atoms with E-state index in [-0.39, 0.29) is 0 Å². The monoisotopic (exact) mass is 232 g/mol. The first-order valence-corrected chi connectivity index (χ1v) is 6.73. The second kappa shape index (κ2) is 6.18. The van der Waals surface area contributed by atoms with E-state index in [0.717, 1.165) is 19.0 Å². The normalized spacial score (nSPS) is 21.9. The topological polar surface area (TPSA) is 15.3 Å². The Bertz CT molecular complexity index is 321. The van der Waals surface area contributed by atoms with Crippen LogP contribution >= 0.6 is 0 Å². The molecule has 2 rings (SSSR count). The average Bonchev–Trinajstić information content (AvgIpc) is 2.30. The molecule has 1 saturated heterocycles. The molecule has 0 bridgehead atoms. The summed E-state index contributed by atoms with van der Waals surface area (Å²) in [7, 11) is 0. The molecule has 2 nitrogen and oxygen atoms in total. The van der Waals surface area contributed by atoms with Crippen LogP contribution in [0.4, 0.5) is 0 Å². The Hall–Kier alpha value is -0.860. The van der Waals surface area contributed by atoms with Crippen LogP contribution in [-0.2, 0) is 6.54 Å². The molecule has 2 heteroatoms. The number of hydrogen-bond donors (Lipinski definition) is 1. The lowest BCUT2D eigenvalue weighted by atomic mass is 10.0. The van der Waals surface area contributed by atoms with Gasteiger partial charge in [0.05, 0.1) is 0 Å². The summed E-state index contributed by atoms with van der Waals surface area (Å²) < 4.78 is 0. The maximum absolute atomic E-state index is 3.62. The quantitative estimate of drug-likeness (QED) is 0.858. The van der Waals surface area contributed by atoms with Crippen molar-refractivity contribution in [2.24, 2.45) is 5.92 Å². The highest BCUT2D eigenvalue weighted by molar-refractivity contribution is 5.14. The van der Waals surface area contributed by atoms with Gasteiger partial charge in [0, 0.05) is 32.2 Å². The van der Waals surface area contributed by atoms with Crippen LogP contribution in [0.25, 0.3) is 0 Å². The average molecular weight is 232 g/mol. The maximum atomic E-state index is 3.62. The van der Waals surface area contributed by atoms with Crippen LogP contribution in [0.5, 0.6) is 0 Å². The summed E-state index contributed by atoms with van der Waals surface area (Å²) in [6.45, 7) is 9.19. The van der Waals surface area contributed by atoms with Gasteiger partial charge in [0.2, 0.25) is 0 Å². The molecule has 17 heavy (non-hydrogen) atoms. The van der Waals surface area contributed by atoms with Gasteiger partial charge in [-0.15, -0.1) is 0 Å². The first kappa shape index (κ1) is 12.6. The molecule has 1 fully saturated rings. The summed E-state index contributed by atoms with van der Waals surface area (Å²) in [5.74, 6) is 0.782. The van der Waals surface area contributed by atoms with Crippen molar-refractivity contribution in [2.75, 3.05) is 19.6 Å². The van der Waals surface area contributed by atoms with Crippen LogP contribution in [0.2, 0.25) is 0 Å². The zero-order valence-corrected chi connectivity index (χ0v) is 11.0. The Morgan fingerprint density at radius 1 is 1.29 bits per heavy atom. The summed E-state index contributed by atoms with van der Waals surface area (Å²) in [6.07, 6.45) is 1.28. The Morgan fingerprint density at radius 2 is 2.06 bits per heavy atom. The smallest absolute Gasteiger partial charge is 0.0234 e. The largest absolute Gasteiger partial charge is 0.311 e. The number of rotatable bonds is 4. The van der Waals surface area contributed by atoms with E-state index < -0.39 is 0 Å². The van der Waals surface area contributed by atoms with E-state index in [1.54, 1.807) is 0 Å². The lowest BCUT2D eigenvalue weighted by molar-refractivity contribution is 0.179. The van der Waals surface area contributed by atoms with Gasteiger partial charge in [-0.3, -0.25) is 4.90 Å². The minimum absolute atomic E-state index is 0.674. The maximum Gasteiger partial charge on any atom is 0.0234 e. The minimum Gasteiger partial charge on any atom is -0.311 e. The molecular weight excluding hydrogens is 208 g/mol. The summed E-state index contributed by atoms with van der Waals surface area (Å²) in [6, 6.07) is 11.5. The molecule has 0 aliphatic carbocycles. The van der Waals surface area contributed by atoms with Gasteiger partial charge in [0.1, 0.15) is 0 Å². The lowest BCUT2D eigenvalue weighted by Crippen LogP contribution is -2.50. The second-order valence-electron chi connectivity index (χ2n) is 5.50. The Morgan fingerprint density at radius 3 is 2.76 bits per heavy atom. The van der Waals surface area contributed by atoms with Crippen LogP contribution in [0.1, 0.15) is 25.8 Å². The molecule has 0 saturated carbocycles. The van der Waals surface area contributed by atoms with Gasteiger partial charge in [-0.05, 0) is 17.9 Å². The molecule has 1 aliphatic rings. The predicted molar refractivity (Wildman–Crippen MR) is 73.0 cm³/mol. The molecule has 0 amide bonds. The van der Waals surface area contributed by atoms with Gasteiger partial charge in [-0.1, -0.05) is 44.2 Å². The van der Waals surface area contributed by atoms with Crippen LogP contribution in [0.3, 0.4) is 0 Å². The summed E-state index contributed by atoms with van der Waals surface area (Å²) in [5.41, 5.74) is 1.43. The third-order valence-corrected chi connectivity index (χ3v) is 3.34. The van der Waals surface area contributed by atoms with Crippen LogP contribution in [-0.4, -0.2) is 30.6 Å². The summed E-state index contributed by atoms with van der Waals surface area (Å²) >= 11 is 0. The molecule has 0 unspecified atom stereocenters. The van der Waals surface area contributed by atoms with Crippen LogP contribution < -0.4 is 5.32 Å². The van der Waals surface area contributed by atoms with Gasteiger partial charge >= 0.3 is 0 Å². The van der Waals surface area contributed by atoms with Gasteiger partial charge < -0.3 is 5.32 Å². The summed E-state index contributed by atoms with van der Waals surface area (Å²) in [4.78, 5) is 2.57. The van der Waals surface area contributed by atoms with Crippen molar-refractivity contribution in [1.29, 1.82) is 0 Å². The van der Waals surface area contributed by atoms with E-state index in [9.17, 15) is 0 Å². The van der Waals surface area contributed by atoms with E-state index in [2.05, 4.69) is 54.4 Å². The highest BCUT2D eigenvalue weighted by atomic mass is 15.2. The molecule has 0 radical (unpaired) electrons. The number of benzene rings is 1. The van der Waals surface area contributed by atoms with E-state index in [1.807, 2.05) is 0 Å². The molecule has 94 valence electrons. The molecule has 1 N–H and O–H groups in total. The molecule has 1 aromatic rings. The Kier molecular flexibility index (Phi) is 4.57. The van der Waals surface area contributed by atoms with Crippen LogP contribution in [0.15, 0.2) is 30.3 Å². The van der Waals surface area contributed by atoms with Crippen molar-refractivity contribution in [2.45, 2.75) is 32.9 Å². The van der Waals surface area contributed by atoms with E-state index in [4.69, 9.17) is 0 Å². The fourth-order valence-corrected chi connectivity index (χ4v) is 2.61. The van der Waals surface area contributed by atoms with Gasteiger partial charge in [0.15, 0.2) is 0 Å². The third kappa shape index (κ3) is 4.14. The van der Waals surface area contributed by atoms with Crippen molar-refractivity contribution < 1.29 is 0 Å². The van der Waals surface area contributed by atoms with Crippen molar-refractivity contribution in [1.82, 2.24) is 10.2 Å². The fraction of sp³-hybridized carbons (Fsp3) is 0.600. The van der Waals surface area contributed by atoms with E-state index in [0.29, 0.717) is 6.04 Å². The van der Waals surface area contributed by atoms with E-state index in [1.165, 1.54) is 25.1 Å². The highest BCUT2D eigenvalue weighted by Gasteiger charge is 2.19. The number of piperazine rings is 1. The summed E-state index contributed by atoms with van der Waals surface area (Å²) in [5, 5.41) is 3.62. The molecule has 1 aliphatic heterocycles. The first-order valence-electron chi connectivity index (χ1n) is 6.73. The standard InChI is InChI=1S/C15H24N2/c1-13(2)10-15-12-17(9-8-16-15)11-14-6-4-3-5-7-14/h3-7,13,15-16H,8-12H2,1-2H3/t15-/m0/s1. The number of nitrogens with one attached hydrogen (secondary N) is 1. The SMILES string of the molecule is CC(C)C[C@H]1CN(Cc2ccccc2)CCN1. The Balaban J connectivity index is 1.85. The van der Waals surface area contributed by atoms with Gasteiger partial charge in [-0.2, -0.15) is 0 Å². The van der Waals surface area contributed by atoms with Gasteiger partial charge in [-0.25, -0.2) is 0 Å². The molecule has 1 heterocycles. The molecule has 0 aromatic heterocycles. The van der Waals surface area contributed by atoms with Crippen molar-refractivity contribution in [3.05, 3.63) is 35.9 Å². The minimum atomic E-state index is 0.674.